The number of hydrogen-bond donors (Lipinski definition) is 2. The van der Waals surface area contributed by atoms with E-state index in [0.29, 0.717) is 6.42 Å². The molecule has 0 bridgehead atoms. The Labute approximate surface area is 93.1 Å². The average Bonchev–Trinajstić information content (AvgIpc) is 2.61. The first-order chi connectivity index (χ1) is 7.50. The van der Waals surface area contributed by atoms with Gasteiger partial charge in [0.2, 0.25) is 0 Å². The van der Waals surface area contributed by atoms with E-state index < -0.39 is 11.5 Å². The number of H-pyrrole nitrogens is 1. The summed E-state index contributed by atoms with van der Waals surface area (Å²) in [5, 5.41) is 11.9. The molecule has 0 aliphatic rings. The summed E-state index contributed by atoms with van der Waals surface area (Å²) in [7, 11) is 0. The summed E-state index contributed by atoms with van der Waals surface area (Å²) in [5.74, 6) is -1.13. The van der Waals surface area contributed by atoms with E-state index in [4.69, 9.17) is 0 Å². The smallest absolute Gasteiger partial charge is 0.136 e. The molecule has 1 aromatic carbocycles. The lowest BCUT2D eigenvalue weighted by atomic mass is 9.94. The van der Waals surface area contributed by atoms with E-state index in [1.54, 1.807) is 6.92 Å². The Bertz CT molecular complexity index is 529. The SMILES string of the molecule is C[C@]([NH3+])(Cc1c[nH]c2ccccc12)C(=O)[O-]. The number of carboxylic acid groups (broad SMARTS) is 1. The number of hydrogen-bond acceptors (Lipinski definition) is 2. The molecule has 2 aromatic rings. The molecule has 16 heavy (non-hydrogen) atoms. The fourth-order valence-corrected chi connectivity index (χ4v) is 1.77. The molecule has 0 aliphatic heterocycles. The summed E-state index contributed by atoms with van der Waals surface area (Å²) in [5.41, 5.74) is 4.54. The van der Waals surface area contributed by atoms with Gasteiger partial charge < -0.3 is 20.6 Å². The number of aromatic amines is 1. The Morgan fingerprint density at radius 1 is 1.50 bits per heavy atom. The van der Waals surface area contributed by atoms with E-state index in [1.165, 1.54) is 0 Å². The fraction of sp³-hybridized carbons (Fsp3) is 0.250. The first-order valence-electron chi connectivity index (χ1n) is 5.12. The minimum atomic E-state index is -1.13. The first-order valence-corrected chi connectivity index (χ1v) is 5.12. The largest absolute Gasteiger partial charge is 0.544 e. The van der Waals surface area contributed by atoms with Gasteiger partial charge in [-0.15, -0.1) is 0 Å². The molecule has 0 aliphatic carbocycles. The lowest BCUT2D eigenvalue weighted by Crippen LogP contribution is -2.78. The molecule has 0 unspecified atom stereocenters. The maximum Gasteiger partial charge on any atom is 0.136 e. The summed E-state index contributed by atoms with van der Waals surface area (Å²) in [6.45, 7) is 1.57. The van der Waals surface area contributed by atoms with Crippen molar-refractivity contribution in [2.75, 3.05) is 0 Å². The van der Waals surface area contributed by atoms with E-state index >= 15 is 0 Å². The third-order valence-electron chi connectivity index (χ3n) is 2.75. The number of rotatable bonds is 3. The Morgan fingerprint density at radius 3 is 2.88 bits per heavy atom. The molecule has 1 atom stereocenters. The van der Waals surface area contributed by atoms with Gasteiger partial charge in [0.15, 0.2) is 0 Å². The van der Waals surface area contributed by atoms with Gasteiger partial charge in [-0.25, -0.2) is 0 Å². The molecule has 4 heteroatoms. The maximum atomic E-state index is 10.9. The number of carbonyl (C=O) groups is 1. The van der Waals surface area contributed by atoms with Crippen LogP contribution in [0.2, 0.25) is 0 Å². The molecule has 4 N–H and O–H groups in total. The monoisotopic (exact) mass is 218 g/mol. The first kappa shape index (κ1) is 10.7. The summed E-state index contributed by atoms with van der Waals surface area (Å²) < 4.78 is 0. The van der Waals surface area contributed by atoms with Gasteiger partial charge in [-0.2, -0.15) is 0 Å². The van der Waals surface area contributed by atoms with Crippen molar-refractivity contribution in [3.05, 3.63) is 36.0 Å². The fourth-order valence-electron chi connectivity index (χ4n) is 1.77. The third kappa shape index (κ3) is 1.79. The normalized spacial score (nSPS) is 14.9. The Balaban J connectivity index is 2.38. The minimum absolute atomic E-state index is 0.360. The number of quaternary nitrogens is 1. The zero-order valence-corrected chi connectivity index (χ0v) is 9.12. The van der Waals surface area contributed by atoms with E-state index in [-0.39, 0.29) is 0 Å². The number of aromatic nitrogens is 1. The summed E-state index contributed by atoms with van der Waals surface area (Å²) in [4.78, 5) is 14.0. The highest BCUT2D eigenvalue weighted by Crippen LogP contribution is 2.20. The third-order valence-corrected chi connectivity index (χ3v) is 2.75. The van der Waals surface area contributed by atoms with Crippen LogP contribution in [0.4, 0.5) is 0 Å². The molecule has 2 rings (SSSR count). The van der Waals surface area contributed by atoms with Crippen LogP contribution in [0.1, 0.15) is 12.5 Å². The molecule has 0 spiro atoms. The molecule has 4 nitrogen and oxygen atoms in total. The van der Waals surface area contributed by atoms with Gasteiger partial charge in [-0.1, -0.05) is 18.2 Å². The van der Waals surface area contributed by atoms with Crippen LogP contribution >= 0.6 is 0 Å². The van der Waals surface area contributed by atoms with E-state index in [0.717, 1.165) is 16.5 Å². The van der Waals surface area contributed by atoms with E-state index in [9.17, 15) is 9.90 Å². The number of para-hydroxylation sites is 1. The topological polar surface area (TPSA) is 83.6 Å². The van der Waals surface area contributed by atoms with Crippen LogP contribution in [0.5, 0.6) is 0 Å². The quantitative estimate of drug-likeness (QED) is 0.725. The number of fused-ring (bicyclic) bond motifs is 1. The van der Waals surface area contributed by atoms with E-state index in [1.807, 2.05) is 30.5 Å². The van der Waals surface area contributed by atoms with Gasteiger partial charge in [0.1, 0.15) is 11.5 Å². The molecule has 0 fully saturated rings. The summed E-state index contributed by atoms with van der Waals surface area (Å²) in [6.07, 6.45) is 2.19. The zero-order valence-electron chi connectivity index (χ0n) is 9.12. The van der Waals surface area contributed by atoms with Crippen LogP contribution in [0, 0.1) is 0 Å². The minimum Gasteiger partial charge on any atom is -0.544 e. The van der Waals surface area contributed by atoms with Crippen molar-refractivity contribution in [1.29, 1.82) is 0 Å². The number of carbonyl (C=O) groups excluding carboxylic acids is 1. The summed E-state index contributed by atoms with van der Waals surface area (Å²) in [6, 6.07) is 7.79. The predicted molar refractivity (Wildman–Crippen MR) is 58.3 cm³/mol. The van der Waals surface area contributed by atoms with E-state index in [2.05, 4.69) is 10.7 Å². The number of aliphatic carboxylic acids is 1. The Hall–Kier alpha value is -1.81. The molecule has 0 saturated carbocycles. The van der Waals surface area contributed by atoms with Crippen LogP contribution in [0.25, 0.3) is 10.9 Å². The predicted octanol–water partition coefficient (Wildman–Crippen LogP) is -0.539. The average molecular weight is 218 g/mol. The van der Waals surface area contributed by atoms with Gasteiger partial charge >= 0.3 is 0 Å². The molecule has 0 radical (unpaired) electrons. The van der Waals surface area contributed by atoms with Crippen molar-refractivity contribution in [1.82, 2.24) is 4.98 Å². The van der Waals surface area contributed by atoms with Crippen molar-refractivity contribution in [3.63, 3.8) is 0 Å². The highest BCUT2D eigenvalue weighted by molar-refractivity contribution is 5.84. The number of benzene rings is 1. The van der Waals surface area contributed by atoms with Crippen LogP contribution in [-0.4, -0.2) is 16.5 Å². The van der Waals surface area contributed by atoms with Crippen molar-refractivity contribution in [2.45, 2.75) is 18.9 Å². The standard InChI is InChI=1S/C12H14N2O2/c1-12(13,11(15)16)6-8-7-14-10-5-3-2-4-9(8)10/h2-5,7,14H,6,13H2,1H3,(H,15,16)/t12-/m0/s1. The molecule has 1 heterocycles. The van der Waals surface area contributed by atoms with Gasteiger partial charge in [-0.3, -0.25) is 0 Å². The molecule has 1 aromatic heterocycles. The van der Waals surface area contributed by atoms with Gasteiger partial charge in [0.25, 0.3) is 0 Å². The zero-order chi connectivity index (χ0) is 11.8. The molecule has 84 valence electrons. The van der Waals surface area contributed by atoms with Gasteiger partial charge in [-0.05, 0) is 18.6 Å². The summed E-state index contributed by atoms with van der Waals surface area (Å²) >= 11 is 0. The van der Waals surface area contributed by atoms with Gasteiger partial charge in [0, 0.05) is 23.5 Å². The van der Waals surface area contributed by atoms with Crippen molar-refractivity contribution in [2.24, 2.45) is 0 Å². The molecular formula is C12H14N2O2. The highest BCUT2D eigenvalue weighted by atomic mass is 16.4. The Morgan fingerprint density at radius 2 is 2.19 bits per heavy atom. The maximum absolute atomic E-state index is 10.9. The van der Waals surface area contributed by atoms with Crippen LogP contribution in [0.3, 0.4) is 0 Å². The van der Waals surface area contributed by atoms with Crippen LogP contribution in [-0.2, 0) is 11.2 Å². The molecular weight excluding hydrogens is 204 g/mol. The van der Waals surface area contributed by atoms with Crippen molar-refractivity contribution < 1.29 is 15.6 Å². The lowest BCUT2D eigenvalue weighted by Gasteiger charge is -2.21. The molecule has 0 saturated heterocycles. The van der Waals surface area contributed by atoms with Crippen molar-refractivity contribution in [3.8, 4) is 0 Å². The van der Waals surface area contributed by atoms with Crippen molar-refractivity contribution >= 4 is 16.9 Å². The number of carboxylic acids is 1. The molecule has 0 amide bonds. The second-order valence-corrected chi connectivity index (χ2v) is 4.38. The second kappa shape index (κ2) is 3.64. The lowest BCUT2D eigenvalue weighted by molar-refractivity contribution is -0.480. The highest BCUT2D eigenvalue weighted by Gasteiger charge is 2.26. The number of nitrogens with one attached hydrogen (secondary N) is 1. The van der Waals surface area contributed by atoms with Gasteiger partial charge in [0.05, 0.1) is 0 Å². The van der Waals surface area contributed by atoms with Crippen LogP contribution in [0.15, 0.2) is 30.5 Å². The second-order valence-electron chi connectivity index (χ2n) is 4.38. The van der Waals surface area contributed by atoms with Crippen LogP contribution < -0.4 is 10.8 Å². The Kier molecular flexibility index (Phi) is 2.44.